The zero-order valence-electron chi connectivity index (χ0n) is 25.1. The predicted octanol–water partition coefficient (Wildman–Crippen LogP) is 11.1. The van der Waals surface area contributed by atoms with E-state index in [0.717, 1.165) is 22.3 Å². The summed E-state index contributed by atoms with van der Waals surface area (Å²) in [6, 6.07) is 28.3. The largest absolute Gasteiger partial charge is 0.519 e. The molecule has 3 nitrogen and oxygen atoms in total. The van der Waals surface area contributed by atoms with Crippen LogP contribution in [-0.4, -0.2) is 6.16 Å². The molecule has 208 valence electrons. The molecule has 0 heterocycles. The van der Waals surface area contributed by atoms with Gasteiger partial charge in [0.05, 0.1) is 0 Å². The summed E-state index contributed by atoms with van der Waals surface area (Å²) in [4.78, 5) is 13.5. The molecule has 4 aromatic rings. The summed E-state index contributed by atoms with van der Waals surface area (Å²) in [6.45, 7) is 17.5. The standard InChI is InChI=1S/C37H42O3/c1-23(2)29-19-21-31(35(33(29)25(5)6)27-15-11-9-12-16-27)39-37(38)40-32-22-20-30(24(3)4)34(26(7)8)36(32)28-17-13-10-14-18-28/h9-26H,1-8H3. The van der Waals surface area contributed by atoms with Crippen molar-refractivity contribution >= 4 is 6.16 Å². The SMILES string of the molecule is CC(C)c1ccc(OC(=O)Oc2ccc(C(C)C)c(C(C)C)c2-c2ccccc2)c(-c2ccccc2)c1C(C)C. The Labute approximate surface area is 240 Å². The second-order valence-electron chi connectivity index (χ2n) is 11.7. The molecule has 40 heavy (non-hydrogen) atoms. The van der Waals surface area contributed by atoms with Crippen LogP contribution in [0.3, 0.4) is 0 Å². The number of ether oxygens (including phenoxy) is 2. The highest BCUT2D eigenvalue weighted by molar-refractivity contribution is 5.82. The Kier molecular flexibility index (Phi) is 9.14. The summed E-state index contributed by atoms with van der Waals surface area (Å²) in [5.74, 6) is 2.18. The maximum atomic E-state index is 13.5. The van der Waals surface area contributed by atoms with Gasteiger partial charge in [0, 0.05) is 11.1 Å². The van der Waals surface area contributed by atoms with Crippen molar-refractivity contribution in [3.8, 4) is 33.8 Å². The quantitative estimate of drug-likeness (QED) is 0.167. The Balaban J connectivity index is 1.81. The van der Waals surface area contributed by atoms with Crippen molar-refractivity contribution in [2.75, 3.05) is 0 Å². The molecule has 0 fully saturated rings. The minimum Gasteiger partial charge on any atom is -0.394 e. The van der Waals surface area contributed by atoms with Gasteiger partial charge in [-0.1, -0.05) is 128 Å². The molecule has 4 rings (SSSR count). The Morgan fingerprint density at radius 1 is 0.475 bits per heavy atom. The van der Waals surface area contributed by atoms with Crippen LogP contribution in [0.2, 0.25) is 0 Å². The maximum absolute atomic E-state index is 13.5. The summed E-state index contributed by atoms with van der Waals surface area (Å²) < 4.78 is 12.1. The second kappa shape index (κ2) is 12.6. The molecule has 4 aromatic carbocycles. The first-order chi connectivity index (χ1) is 19.1. The zero-order valence-corrected chi connectivity index (χ0v) is 25.1. The summed E-state index contributed by atoms with van der Waals surface area (Å²) in [5.41, 5.74) is 8.83. The van der Waals surface area contributed by atoms with E-state index < -0.39 is 6.16 Å². The van der Waals surface area contributed by atoms with E-state index in [1.807, 2.05) is 48.5 Å². The topological polar surface area (TPSA) is 35.5 Å². The van der Waals surface area contributed by atoms with Gasteiger partial charge in [-0.15, -0.1) is 0 Å². The average molecular weight is 535 g/mol. The van der Waals surface area contributed by atoms with Crippen molar-refractivity contribution in [2.24, 2.45) is 0 Å². The van der Waals surface area contributed by atoms with Crippen LogP contribution >= 0.6 is 0 Å². The van der Waals surface area contributed by atoms with Gasteiger partial charge in [-0.2, -0.15) is 0 Å². The molecule has 0 aliphatic rings. The number of rotatable bonds is 8. The molecule has 0 aliphatic carbocycles. The third-order valence-electron chi connectivity index (χ3n) is 7.39. The molecule has 0 radical (unpaired) electrons. The molecule has 0 saturated heterocycles. The van der Waals surface area contributed by atoms with Gasteiger partial charge in [0.1, 0.15) is 11.5 Å². The van der Waals surface area contributed by atoms with Crippen LogP contribution in [0, 0.1) is 0 Å². The van der Waals surface area contributed by atoms with Gasteiger partial charge < -0.3 is 9.47 Å². The number of hydrogen-bond donors (Lipinski definition) is 0. The molecular weight excluding hydrogens is 492 g/mol. The first kappa shape index (κ1) is 29.1. The Hall–Kier alpha value is -3.85. The number of carbonyl (C=O) groups is 1. The van der Waals surface area contributed by atoms with Crippen LogP contribution in [0.15, 0.2) is 84.9 Å². The lowest BCUT2D eigenvalue weighted by molar-refractivity contribution is 0.152. The van der Waals surface area contributed by atoms with E-state index in [0.29, 0.717) is 23.3 Å². The molecule has 3 heteroatoms. The monoisotopic (exact) mass is 534 g/mol. The van der Waals surface area contributed by atoms with Gasteiger partial charge in [-0.25, -0.2) is 4.79 Å². The van der Waals surface area contributed by atoms with E-state index in [2.05, 4.69) is 91.8 Å². The minimum absolute atomic E-state index is 0.244. The molecule has 0 unspecified atom stereocenters. The van der Waals surface area contributed by atoms with Crippen molar-refractivity contribution in [3.05, 3.63) is 107 Å². The summed E-state index contributed by atoms with van der Waals surface area (Å²) in [6.07, 6.45) is -0.742. The van der Waals surface area contributed by atoms with Gasteiger partial charge in [0.2, 0.25) is 0 Å². The van der Waals surface area contributed by atoms with Crippen molar-refractivity contribution < 1.29 is 14.3 Å². The molecule has 0 atom stereocenters. The molecular formula is C37H42O3. The molecule has 0 N–H and O–H groups in total. The summed E-state index contributed by atoms with van der Waals surface area (Å²) in [5, 5.41) is 0. The van der Waals surface area contributed by atoms with E-state index in [4.69, 9.17) is 9.47 Å². The Morgan fingerprint density at radius 2 is 0.825 bits per heavy atom. The van der Waals surface area contributed by atoms with E-state index in [9.17, 15) is 4.79 Å². The average Bonchev–Trinajstić information content (AvgIpc) is 2.93. The van der Waals surface area contributed by atoms with Gasteiger partial charge in [-0.05, 0) is 69.2 Å². The molecule has 0 aromatic heterocycles. The van der Waals surface area contributed by atoms with Crippen LogP contribution in [0.4, 0.5) is 4.79 Å². The van der Waals surface area contributed by atoms with Crippen molar-refractivity contribution in [1.29, 1.82) is 0 Å². The highest BCUT2D eigenvalue weighted by Crippen LogP contribution is 2.44. The second-order valence-corrected chi connectivity index (χ2v) is 11.7. The fourth-order valence-corrected chi connectivity index (χ4v) is 5.66. The minimum atomic E-state index is -0.742. The van der Waals surface area contributed by atoms with E-state index in [1.165, 1.54) is 22.3 Å². The van der Waals surface area contributed by atoms with Crippen LogP contribution in [0.1, 0.15) is 101 Å². The van der Waals surface area contributed by atoms with E-state index in [1.54, 1.807) is 0 Å². The van der Waals surface area contributed by atoms with Gasteiger partial charge in [0.15, 0.2) is 0 Å². The molecule has 0 amide bonds. The van der Waals surface area contributed by atoms with Crippen LogP contribution in [-0.2, 0) is 0 Å². The number of hydrogen-bond acceptors (Lipinski definition) is 3. The first-order valence-corrected chi connectivity index (χ1v) is 14.4. The highest BCUT2D eigenvalue weighted by Gasteiger charge is 2.25. The predicted molar refractivity (Wildman–Crippen MR) is 167 cm³/mol. The van der Waals surface area contributed by atoms with E-state index >= 15 is 0 Å². The summed E-state index contributed by atoms with van der Waals surface area (Å²) >= 11 is 0. The molecule has 0 spiro atoms. The summed E-state index contributed by atoms with van der Waals surface area (Å²) in [7, 11) is 0. The maximum Gasteiger partial charge on any atom is 0.519 e. The third-order valence-corrected chi connectivity index (χ3v) is 7.39. The van der Waals surface area contributed by atoms with Gasteiger partial charge >= 0.3 is 6.16 Å². The number of carbonyl (C=O) groups excluding carboxylic acids is 1. The lowest BCUT2D eigenvalue weighted by atomic mass is 9.84. The van der Waals surface area contributed by atoms with Crippen LogP contribution in [0.25, 0.3) is 22.3 Å². The smallest absolute Gasteiger partial charge is 0.394 e. The normalized spacial score (nSPS) is 11.5. The highest BCUT2D eigenvalue weighted by atomic mass is 16.7. The van der Waals surface area contributed by atoms with Gasteiger partial charge in [-0.3, -0.25) is 0 Å². The first-order valence-electron chi connectivity index (χ1n) is 14.4. The Bertz CT molecular complexity index is 1340. The van der Waals surface area contributed by atoms with Crippen molar-refractivity contribution in [2.45, 2.75) is 79.1 Å². The molecule has 0 aliphatic heterocycles. The fourth-order valence-electron chi connectivity index (χ4n) is 5.66. The van der Waals surface area contributed by atoms with Crippen molar-refractivity contribution in [3.63, 3.8) is 0 Å². The third kappa shape index (κ3) is 6.14. The van der Waals surface area contributed by atoms with E-state index in [-0.39, 0.29) is 11.8 Å². The van der Waals surface area contributed by atoms with Gasteiger partial charge in [0.25, 0.3) is 0 Å². The van der Waals surface area contributed by atoms with Crippen molar-refractivity contribution in [1.82, 2.24) is 0 Å². The molecule has 0 saturated carbocycles. The fraction of sp³-hybridized carbons (Fsp3) is 0.324. The van der Waals surface area contributed by atoms with Crippen LogP contribution < -0.4 is 9.47 Å². The Morgan fingerprint density at radius 3 is 1.12 bits per heavy atom. The lowest BCUT2D eigenvalue weighted by Crippen LogP contribution is -2.16. The molecule has 0 bridgehead atoms. The van der Waals surface area contributed by atoms with Crippen LogP contribution in [0.5, 0.6) is 11.5 Å². The zero-order chi connectivity index (χ0) is 29.0. The lowest BCUT2D eigenvalue weighted by Gasteiger charge is -2.24. The number of benzene rings is 4.